The van der Waals surface area contributed by atoms with Gasteiger partial charge in [0.15, 0.2) is 0 Å². The molecule has 0 atom stereocenters. The number of nitrogens with zero attached hydrogens (tertiary/aromatic N) is 1. The summed E-state index contributed by atoms with van der Waals surface area (Å²) in [5.41, 5.74) is 2.66. The molecule has 4 nitrogen and oxygen atoms in total. The molecule has 1 aromatic heterocycles. The Morgan fingerprint density at radius 3 is 2.86 bits per heavy atom. The lowest BCUT2D eigenvalue weighted by Crippen LogP contribution is -2.01. The van der Waals surface area contributed by atoms with Crippen molar-refractivity contribution in [3.63, 3.8) is 0 Å². The second-order valence-electron chi connectivity index (χ2n) is 4.40. The van der Waals surface area contributed by atoms with Crippen molar-refractivity contribution in [2.45, 2.75) is 0 Å². The number of aromatic nitrogens is 2. The summed E-state index contributed by atoms with van der Waals surface area (Å²) in [6.45, 7) is 0. The van der Waals surface area contributed by atoms with Gasteiger partial charge in [-0.25, -0.2) is 9.78 Å². The lowest BCUT2D eigenvalue weighted by atomic mass is 10.2. The van der Waals surface area contributed by atoms with E-state index in [-0.39, 0.29) is 0 Å². The Labute approximate surface area is 134 Å². The summed E-state index contributed by atoms with van der Waals surface area (Å²) in [5.74, 6) is 0.249. The van der Waals surface area contributed by atoms with Crippen LogP contribution < -0.4 is 0 Å². The molecule has 0 spiro atoms. The molecule has 0 aliphatic carbocycles. The summed E-state index contributed by atoms with van der Waals surface area (Å²) in [4.78, 5) is 19.5. The van der Waals surface area contributed by atoms with Gasteiger partial charge in [-0.3, -0.25) is 0 Å². The number of para-hydroxylation sites is 1. The van der Waals surface area contributed by atoms with Crippen molar-refractivity contribution >= 4 is 44.5 Å². The highest BCUT2D eigenvalue weighted by atomic mass is 79.9. The average molecular weight is 366 g/mol. The summed E-state index contributed by atoms with van der Waals surface area (Å²) >= 11 is 9.41. The minimum atomic E-state index is -0.408. The van der Waals surface area contributed by atoms with Gasteiger partial charge in [-0.15, -0.1) is 0 Å². The Hall–Kier alpha value is -1.85. The molecule has 0 aliphatic heterocycles. The van der Waals surface area contributed by atoms with Gasteiger partial charge in [0, 0.05) is 15.1 Å². The van der Waals surface area contributed by atoms with Crippen molar-refractivity contribution < 1.29 is 9.53 Å². The monoisotopic (exact) mass is 364 g/mol. The van der Waals surface area contributed by atoms with Gasteiger partial charge in [-0.05, 0) is 46.3 Å². The van der Waals surface area contributed by atoms with Crippen LogP contribution >= 0.6 is 27.5 Å². The number of carbonyl (C=O) groups excluding carboxylic acids is 1. The van der Waals surface area contributed by atoms with Crippen LogP contribution in [0.25, 0.3) is 22.4 Å². The number of imidazole rings is 1. The summed E-state index contributed by atoms with van der Waals surface area (Å²) < 4.78 is 5.61. The Balaban J connectivity index is 2.19. The van der Waals surface area contributed by atoms with Gasteiger partial charge in [0.25, 0.3) is 0 Å². The van der Waals surface area contributed by atoms with Crippen LogP contribution in [0, 0.1) is 0 Å². The number of esters is 1. The fourth-order valence-electron chi connectivity index (χ4n) is 2.12. The maximum absolute atomic E-state index is 11.8. The molecule has 0 fully saturated rings. The third kappa shape index (κ3) is 2.54. The highest BCUT2D eigenvalue weighted by Crippen LogP contribution is 2.30. The molecular formula is C15H10BrClN2O2. The molecule has 0 aliphatic rings. The van der Waals surface area contributed by atoms with Crippen molar-refractivity contribution in [2.75, 3.05) is 7.11 Å². The van der Waals surface area contributed by atoms with Crippen LogP contribution in [0.3, 0.4) is 0 Å². The minimum absolute atomic E-state index is 0.408. The maximum Gasteiger partial charge on any atom is 0.340 e. The number of carbonyl (C=O) groups is 1. The number of rotatable bonds is 2. The molecule has 0 unspecified atom stereocenters. The minimum Gasteiger partial charge on any atom is -0.465 e. The second-order valence-corrected chi connectivity index (χ2v) is 5.69. The normalized spacial score (nSPS) is 10.8. The van der Waals surface area contributed by atoms with Crippen LogP contribution in [0.4, 0.5) is 0 Å². The van der Waals surface area contributed by atoms with Crippen LogP contribution in [-0.2, 0) is 4.74 Å². The van der Waals surface area contributed by atoms with Crippen LogP contribution in [0.15, 0.2) is 40.9 Å². The van der Waals surface area contributed by atoms with E-state index < -0.39 is 5.97 Å². The van der Waals surface area contributed by atoms with Crippen molar-refractivity contribution in [2.24, 2.45) is 0 Å². The molecule has 1 heterocycles. The highest BCUT2D eigenvalue weighted by Gasteiger charge is 2.15. The van der Waals surface area contributed by atoms with E-state index in [1.54, 1.807) is 24.3 Å². The summed E-state index contributed by atoms with van der Waals surface area (Å²) in [5, 5.41) is 0.636. The number of halogens is 2. The molecule has 0 saturated heterocycles. The van der Waals surface area contributed by atoms with Gasteiger partial charge in [0.05, 0.1) is 18.2 Å². The first-order chi connectivity index (χ1) is 10.1. The molecule has 3 aromatic rings. The molecule has 1 N–H and O–H groups in total. The predicted octanol–water partition coefficient (Wildman–Crippen LogP) is 4.43. The molecule has 0 radical (unpaired) electrons. The third-order valence-corrected chi connectivity index (χ3v) is 4.00. The first-order valence-corrected chi connectivity index (χ1v) is 7.29. The van der Waals surface area contributed by atoms with Crippen molar-refractivity contribution in [1.29, 1.82) is 0 Å². The Morgan fingerprint density at radius 2 is 2.14 bits per heavy atom. The number of H-pyrrole nitrogens is 1. The fourth-order valence-corrected chi connectivity index (χ4v) is 2.99. The number of hydrogen-bond acceptors (Lipinski definition) is 3. The SMILES string of the molecule is COC(=O)c1cccc2[nH]c(-c3ccc(Cl)cc3Br)nc12. The van der Waals surface area contributed by atoms with Crippen molar-refractivity contribution in [3.05, 3.63) is 51.5 Å². The van der Waals surface area contributed by atoms with E-state index in [0.717, 1.165) is 15.6 Å². The van der Waals surface area contributed by atoms with Gasteiger partial charge >= 0.3 is 5.97 Å². The molecular weight excluding hydrogens is 356 g/mol. The summed E-state index contributed by atoms with van der Waals surface area (Å²) in [6, 6.07) is 10.8. The summed E-state index contributed by atoms with van der Waals surface area (Å²) in [7, 11) is 1.35. The lowest BCUT2D eigenvalue weighted by molar-refractivity contribution is 0.0603. The van der Waals surface area contributed by atoms with E-state index >= 15 is 0 Å². The molecule has 21 heavy (non-hydrogen) atoms. The van der Waals surface area contributed by atoms with Gasteiger partial charge in [-0.1, -0.05) is 17.7 Å². The van der Waals surface area contributed by atoms with E-state index in [4.69, 9.17) is 16.3 Å². The quantitative estimate of drug-likeness (QED) is 0.683. The van der Waals surface area contributed by atoms with Crippen LogP contribution in [0.2, 0.25) is 5.02 Å². The number of aromatic amines is 1. The largest absolute Gasteiger partial charge is 0.465 e. The lowest BCUT2D eigenvalue weighted by Gasteiger charge is -2.00. The maximum atomic E-state index is 11.8. The second kappa shape index (κ2) is 5.50. The Bertz CT molecular complexity index is 845. The van der Waals surface area contributed by atoms with Crippen LogP contribution in [0.1, 0.15) is 10.4 Å². The zero-order valence-corrected chi connectivity index (χ0v) is 13.3. The number of nitrogens with one attached hydrogen (secondary N) is 1. The Morgan fingerprint density at radius 1 is 1.33 bits per heavy atom. The van der Waals surface area contributed by atoms with Crippen LogP contribution in [-0.4, -0.2) is 23.0 Å². The van der Waals surface area contributed by atoms with E-state index in [2.05, 4.69) is 25.9 Å². The zero-order valence-electron chi connectivity index (χ0n) is 11.0. The van der Waals surface area contributed by atoms with E-state index in [1.807, 2.05) is 12.1 Å². The fraction of sp³-hybridized carbons (Fsp3) is 0.0667. The molecule has 0 bridgehead atoms. The number of benzene rings is 2. The molecule has 6 heteroatoms. The van der Waals surface area contributed by atoms with E-state index in [1.165, 1.54) is 7.11 Å². The number of fused-ring (bicyclic) bond motifs is 1. The van der Waals surface area contributed by atoms with Gasteiger partial charge in [-0.2, -0.15) is 0 Å². The summed E-state index contributed by atoms with van der Waals surface area (Å²) in [6.07, 6.45) is 0. The smallest absolute Gasteiger partial charge is 0.340 e. The highest BCUT2D eigenvalue weighted by molar-refractivity contribution is 9.10. The standard InChI is InChI=1S/C15H10BrClN2O2/c1-21-15(20)10-3-2-4-12-13(10)19-14(18-12)9-6-5-8(17)7-11(9)16/h2-7H,1H3,(H,18,19). The van der Waals surface area contributed by atoms with Gasteiger partial charge < -0.3 is 9.72 Å². The number of ether oxygens (including phenoxy) is 1. The van der Waals surface area contributed by atoms with E-state index in [0.29, 0.717) is 21.9 Å². The number of hydrogen-bond donors (Lipinski definition) is 1. The van der Waals surface area contributed by atoms with E-state index in [9.17, 15) is 4.79 Å². The van der Waals surface area contributed by atoms with Gasteiger partial charge in [0.2, 0.25) is 0 Å². The van der Waals surface area contributed by atoms with Crippen LogP contribution in [0.5, 0.6) is 0 Å². The first kappa shape index (κ1) is 14.1. The molecule has 106 valence electrons. The van der Waals surface area contributed by atoms with Gasteiger partial charge in [0.1, 0.15) is 11.3 Å². The third-order valence-electron chi connectivity index (χ3n) is 3.10. The average Bonchev–Trinajstić information content (AvgIpc) is 2.89. The molecule has 0 saturated carbocycles. The predicted molar refractivity (Wildman–Crippen MR) is 85.6 cm³/mol. The van der Waals surface area contributed by atoms with Crippen molar-refractivity contribution in [1.82, 2.24) is 9.97 Å². The molecule has 3 rings (SSSR count). The topological polar surface area (TPSA) is 55.0 Å². The molecule has 2 aromatic carbocycles. The first-order valence-electron chi connectivity index (χ1n) is 6.12. The molecule has 0 amide bonds. The van der Waals surface area contributed by atoms with Crippen molar-refractivity contribution in [3.8, 4) is 11.4 Å². The number of methoxy groups -OCH3 is 1. The Kier molecular flexibility index (Phi) is 3.69. The zero-order chi connectivity index (χ0) is 15.0.